The van der Waals surface area contributed by atoms with Crippen molar-refractivity contribution in [3.8, 4) is 0 Å². The van der Waals surface area contributed by atoms with Gasteiger partial charge in [-0.25, -0.2) is 18.2 Å². The van der Waals surface area contributed by atoms with Crippen molar-refractivity contribution in [3.05, 3.63) is 23.5 Å². The van der Waals surface area contributed by atoms with Crippen molar-refractivity contribution in [1.82, 2.24) is 14.2 Å². The molecule has 0 unspecified atom stereocenters. The second-order valence-electron chi connectivity index (χ2n) is 9.02. The molecule has 3 heterocycles. The van der Waals surface area contributed by atoms with E-state index in [0.717, 1.165) is 6.07 Å². The third-order valence-corrected chi connectivity index (χ3v) is 7.47. The summed E-state index contributed by atoms with van der Waals surface area (Å²) in [6, 6.07) is 1.66. The summed E-state index contributed by atoms with van der Waals surface area (Å²) in [5, 5.41) is 0. The second-order valence-corrected chi connectivity index (χ2v) is 10.9. The van der Waals surface area contributed by atoms with Gasteiger partial charge in [-0.2, -0.15) is 17.5 Å². The summed E-state index contributed by atoms with van der Waals surface area (Å²) in [6.07, 6.45) is -3.87. The van der Waals surface area contributed by atoms with E-state index < -0.39 is 27.5 Å². The summed E-state index contributed by atoms with van der Waals surface area (Å²) in [7, 11) is -3.94. The van der Waals surface area contributed by atoms with Crippen LogP contribution in [0.5, 0.6) is 0 Å². The minimum Gasteiger partial charge on any atom is -0.444 e. The summed E-state index contributed by atoms with van der Waals surface area (Å²) in [6.45, 7) is 8.15. The predicted molar refractivity (Wildman–Crippen MR) is 102 cm³/mol. The Labute approximate surface area is 174 Å². The van der Waals surface area contributed by atoms with Crippen LogP contribution in [0.2, 0.25) is 0 Å². The number of carbonyl (C=O) groups excluding carboxylic acids is 1. The third-order valence-electron chi connectivity index (χ3n) is 5.43. The maximum Gasteiger partial charge on any atom is 0.433 e. The Kier molecular flexibility index (Phi) is 5.60. The fourth-order valence-corrected chi connectivity index (χ4v) is 5.45. The number of hydrogen-bond acceptors (Lipinski definition) is 5. The zero-order valence-electron chi connectivity index (χ0n) is 17.4. The van der Waals surface area contributed by atoms with E-state index >= 15 is 0 Å². The number of ether oxygens (including phenoxy) is 1. The van der Waals surface area contributed by atoms with Crippen molar-refractivity contribution in [2.75, 3.05) is 26.2 Å². The van der Waals surface area contributed by atoms with Gasteiger partial charge in [0, 0.05) is 31.6 Å². The quantitative estimate of drug-likeness (QED) is 0.691. The Hall–Kier alpha value is -1.88. The number of rotatable bonds is 2. The van der Waals surface area contributed by atoms with Crippen LogP contribution in [0.15, 0.2) is 17.0 Å². The molecule has 1 spiro atoms. The largest absolute Gasteiger partial charge is 0.444 e. The normalized spacial score (nSPS) is 20.2. The minimum atomic E-state index is -4.63. The van der Waals surface area contributed by atoms with Gasteiger partial charge in [0.25, 0.3) is 0 Å². The molecule has 3 rings (SSSR count). The van der Waals surface area contributed by atoms with Crippen molar-refractivity contribution in [3.63, 3.8) is 0 Å². The molecule has 0 bridgehead atoms. The smallest absolute Gasteiger partial charge is 0.433 e. The molecule has 2 aliphatic heterocycles. The molecule has 1 aromatic heterocycles. The fraction of sp³-hybridized carbons (Fsp3) is 0.684. The molecule has 7 nitrogen and oxygen atoms in total. The molecular formula is C19H26F3N3O4S. The highest BCUT2D eigenvalue weighted by Crippen LogP contribution is 2.42. The highest BCUT2D eigenvalue weighted by Gasteiger charge is 2.49. The Balaban J connectivity index is 1.64. The van der Waals surface area contributed by atoms with Crippen LogP contribution in [0.1, 0.15) is 45.0 Å². The minimum absolute atomic E-state index is 0.142. The molecule has 30 heavy (non-hydrogen) atoms. The van der Waals surface area contributed by atoms with Crippen LogP contribution in [0.25, 0.3) is 0 Å². The number of aromatic nitrogens is 1. The average Bonchev–Trinajstić information content (AvgIpc) is 2.57. The lowest BCUT2D eigenvalue weighted by Crippen LogP contribution is -2.62. The number of amides is 1. The van der Waals surface area contributed by atoms with Crippen LogP contribution < -0.4 is 0 Å². The van der Waals surface area contributed by atoms with Crippen molar-refractivity contribution in [2.45, 2.75) is 57.2 Å². The lowest BCUT2D eigenvalue weighted by atomic mass is 9.72. The zero-order valence-corrected chi connectivity index (χ0v) is 18.2. The highest BCUT2D eigenvalue weighted by atomic mass is 32.2. The molecular weight excluding hydrogens is 423 g/mol. The third kappa shape index (κ3) is 4.56. The predicted octanol–water partition coefficient (Wildman–Crippen LogP) is 3.43. The average molecular weight is 449 g/mol. The van der Waals surface area contributed by atoms with Gasteiger partial charge in [-0.05, 0) is 52.7 Å². The summed E-state index contributed by atoms with van der Waals surface area (Å²) in [5.74, 6) is 0. The molecule has 0 radical (unpaired) electrons. The number of hydrogen-bond donors (Lipinski definition) is 0. The summed E-state index contributed by atoms with van der Waals surface area (Å²) < 4.78 is 70.9. The lowest BCUT2D eigenvalue weighted by Gasteiger charge is -2.53. The fourth-order valence-electron chi connectivity index (χ4n) is 3.85. The van der Waals surface area contributed by atoms with Crippen LogP contribution in [0.4, 0.5) is 18.0 Å². The van der Waals surface area contributed by atoms with E-state index in [1.807, 2.05) is 0 Å². The van der Waals surface area contributed by atoms with E-state index in [-0.39, 0.29) is 35.2 Å². The molecule has 1 amide bonds. The first-order valence-corrected chi connectivity index (χ1v) is 11.1. The van der Waals surface area contributed by atoms with Crippen molar-refractivity contribution < 1.29 is 31.1 Å². The van der Waals surface area contributed by atoms with Crippen molar-refractivity contribution >= 4 is 16.1 Å². The topological polar surface area (TPSA) is 79.8 Å². The number of piperidine rings is 1. The maximum absolute atomic E-state index is 12.9. The van der Waals surface area contributed by atoms with E-state index in [2.05, 4.69) is 4.98 Å². The van der Waals surface area contributed by atoms with E-state index in [9.17, 15) is 26.4 Å². The number of halogens is 3. The summed E-state index contributed by atoms with van der Waals surface area (Å²) in [5.41, 5.74) is -2.01. The summed E-state index contributed by atoms with van der Waals surface area (Å²) in [4.78, 5) is 17.0. The van der Waals surface area contributed by atoms with Gasteiger partial charge in [0.05, 0.1) is 5.69 Å². The second kappa shape index (κ2) is 7.37. The first kappa shape index (κ1) is 22.8. The van der Waals surface area contributed by atoms with Gasteiger partial charge in [0.1, 0.15) is 16.2 Å². The standard InChI is InChI=1S/C19H26F3N3O4S/c1-13-14(5-6-15(23-13)19(20,21)22)30(27,28)25-9-7-18(8-10-25)11-24(12-18)16(26)29-17(2,3)4/h5-6H,7-12H2,1-4H3. The van der Waals surface area contributed by atoms with Crippen LogP contribution >= 0.6 is 0 Å². The Morgan fingerprint density at radius 3 is 2.17 bits per heavy atom. The van der Waals surface area contributed by atoms with E-state index in [1.54, 1.807) is 25.7 Å². The van der Waals surface area contributed by atoms with Crippen LogP contribution in [-0.4, -0.2) is 60.5 Å². The van der Waals surface area contributed by atoms with Gasteiger partial charge >= 0.3 is 12.3 Å². The van der Waals surface area contributed by atoms with Gasteiger partial charge in [-0.3, -0.25) is 0 Å². The van der Waals surface area contributed by atoms with Crippen molar-refractivity contribution in [1.29, 1.82) is 0 Å². The van der Waals surface area contributed by atoms with Gasteiger partial charge in [-0.1, -0.05) is 0 Å². The van der Waals surface area contributed by atoms with Crippen LogP contribution in [-0.2, 0) is 20.9 Å². The SMILES string of the molecule is Cc1nc(C(F)(F)F)ccc1S(=O)(=O)N1CCC2(CC1)CN(C(=O)OC(C)(C)C)C2. The van der Waals surface area contributed by atoms with Crippen LogP contribution in [0, 0.1) is 12.3 Å². The number of carbonyl (C=O) groups is 1. The number of aryl methyl sites for hydroxylation is 1. The Morgan fingerprint density at radius 1 is 1.13 bits per heavy atom. The van der Waals surface area contributed by atoms with Crippen molar-refractivity contribution in [2.24, 2.45) is 5.41 Å². The molecule has 2 aliphatic rings. The molecule has 2 fully saturated rings. The van der Waals surface area contributed by atoms with Gasteiger partial charge < -0.3 is 9.64 Å². The van der Waals surface area contributed by atoms with Crippen LogP contribution in [0.3, 0.4) is 0 Å². The zero-order chi connectivity index (χ0) is 22.5. The highest BCUT2D eigenvalue weighted by molar-refractivity contribution is 7.89. The molecule has 0 saturated carbocycles. The monoisotopic (exact) mass is 449 g/mol. The molecule has 11 heteroatoms. The van der Waals surface area contributed by atoms with E-state index in [4.69, 9.17) is 4.74 Å². The molecule has 2 saturated heterocycles. The lowest BCUT2D eigenvalue weighted by molar-refractivity contribution is -0.141. The molecule has 168 valence electrons. The number of nitrogens with zero attached hydrogens (tertiary/aromatic N) is 3. The molecule has 0 atom stereocenters. The maximum atomic E-state index is 12.9. The molecule has 1 aromatic rings. The number of sulfonamides is 1. The number of likely N-dealkylation sites (tertiary alicyclic amines) is 1. The molecule has 0 aromatic carbocycles. The number of pyridine rings is 1. The Morgan fingerprint density at radius 2 is 1.70 bits per heavy atom. The van der Waals surface area contributed by atoms with E-state index in [1.165, 1.54) is 11.2 Å². The van der Waals surface area contributed by atoms with Gasteiger partial charge in [-0.15, -0.1) is 0 Å². The van der Waals surface area contributed by atoms with Gasteiger partial charge in [0.15, 0.2) is 0 Å². The first-order valence-electron chi connectivity index (χ1n) is 9.66. The Bertz CT molecular complexity index is 925. The first-order chi connectivity index (χ1) is 13.6. The van der Waals surface area contributed by atoms with E-state index in [0.29, 0.717) is 32.0 Å². The summed E-state index contributed by atoms with van der Waals surface area (Å²) >= 11 is 0. The molecule has 0 N–H and O–H groups in total. The molecule has 0 aliphatic carbocycles. The van der Waals surface area contributed by atoms with Gasteiger partial charge in [0.2, 0.25) is 10.0 Å². The number of alkyl halides is 3.